The minimum Gasteiger partial charge on any atom is -0.385 e. The molecular weight excluding hydrogens is 141 g/mol. The molecule has 0 aromatic heterocycles. The van der Waals surface area contributed by atoms with Crippen LogP contribution in [0.1, 0.15) is 13.8 Å². The topological polar surface area (TPSA) is 32.7 Å². The van der Waals surface area contributed by atoms with E-state index in [1.165, 1.54) is 0 Å². The molecule has 0 spiro atoms. The van der Waals surface area contributed by atoms with E-state index in [-0.39, 0.29) is 6.10 Å². The quantitative estimate of drug-likeness (QED) is 0.520. The first-order valence-corrected chi connectivity index (χ1v) is 3.88. The Balaban J connectivity index is 2.46. The van der Waals surface area contributed by atoms with E-state index in [1.807, 2.05) is 6.92 Å². The molecule has 0 aliphatic carbocycles. The molecule has 1 saturated heterocycles. The van der Waals surface area contributed by atoms with Crippen LogP contribution >= 0.6 is 0 Å². The average Bonchev–Trinajstić information content (AvgIpc) is 1.86. The Kier molecular flexibility index (Phi) is 2.57. The number of morpholine rings is 1. The molecule has 11 heavy (non-hydrogen) atoms. The smallest absolute Gasteiger partial charge is 0.135 e. The van der Waals surface area contributed by atoms with Gasteiger partial charge in [0.2, 0.25) is 0 Å². The summed E-state index contributed by atoms with van der Waals surface area (Å²) < 4.78 is 5.29. The van der Waals surface area contributed by atoms with Crippen molar-refractivity contribution in [3.8, 4) is 0 Å². The van der Waals surface area contributed by atoms with E-state index in [2.05, 4.69) is 0 Å². The van der Waals surface area contributed by atoms with Crippen molar-refractivity contribution >= 4 is 7.85 Å². The van der Waals surface area contributed by atoms with E-state index < -0.39 is 5.62 Å². The molecule has 3 nitrogen and oxygen atoms in total. The summed E-state index contributed by atoms with van der Waals surface area (Å²) in [6.45, 7) is 5.61. The second kappa shape index (κ2) is 3.13. The van der Waals surface area contributed by atoms with E-state index in [0.717, 1.165) is 0 Å². The summed E-state index contributed by atoms with van der Waals surface area (Å²) in [6, 6.07) is 0. The summed E-state index contributed by atoms with van der Waals surface area (Å²) in [7, 11) is 5.50. The Morgan fingerprint density at radius 1 is 1.73 bits per heavy atom. The molecule has 2 atom stereocenters. The van der Waals surface area contributed by atoms with Gasteiger partial charge in [-0.25, -0.2) is 0 Å². The molecule has 0 saturated carbocycles. The number of rotatable bonds is 1. The zero-order chi connectivity index (χ0) is 8.48. The standard InChI is InChI=1S/C7H14BNO2/c1-6-5-9(3-4-11-6)7(2,8)10/h6,10H,3-5H2,1-2H3. The highest BCUT2D eigenvalue weighted by atomic mass is 16.5. The van der Waals surface area contributed by atoms with Crippen LogP contribution in [0.15, 0.2) is 0 Å². The highest BCUT2D eigenvalue weighted by molar-refractivity contribution is 6.13. The summed E-state index contributed by atoms with van der Waals surface area (Å²) in [4.78, 5) is 1.81. The summed E-state index contributed by atoms with van der Waals surface area (Å²) in [5, 5.41) is 9.41. The molecule has 1 fully saturated rings. The summed E-state index contributed by atoms with van der Waals surface area (Å²) in [5.74, 6) is 0. The summed E-state index contributed by atoms with van der Waals surface area (Å²) in [5.41, 5.74) is -1.20. The first kappa shape index (κ1) is 9.04. The van der Waals surface area contributed by atoms with Crippen LogP contribution in [0, 0.1) is 0 Å². The van der Waals surface area contributed by atoms with E-state index in [1.54, 1.807) is 11.8 Å². The fourth-order valence-electron chi connectivity index (χ4n) is 1.23. The summed E-state index contributed by atoms with van der Waals surface area (Å²) >= 11 is 0. The number of hydrogen-bond acceptors (Lipinski definition) is 3. The monoisotopic (exact) mass is 155 g/mol. The van der Waals surface area contributed by atoms with Crippen molar-refractivity contribution in [2.75, 3.05) is 19.7 Å². The maximum absolute atomic E-state index is 9.41. The first-order chi connectivity index (χ1) is 5.00. The van der Waals surface area contributed by atoms with Crippen LogP contribution < -0.4 is 0 Å². The van der Waals surface area contributed by atoms with Gasteiger partial charge in [-0.15, -0.1) is 0 Å². The van der Waals surface area contributed by atoms with Crippen LogP contribution in [0.2, 0.25) is 0 Å². The van der Waals surface area contributed by atoms with Gasteiger partial charge >= 0.3 is 0 Å². The lowest BCUT2D eigenvalue weighted by atomic mass is 9.90. The lowest BCUT2D eigenvalue weighted by Gasteiger charge is -2.39. The lowest BCUT2D eigenvalue weighted by molar-refractivity contribution is -0.102. The second-order valence-electron chi connectivity index (χ2n) is 3.22. The molecule has 1 rings (SSSR count). The van der Waals surface area contributed by atoms with Crippen molar-refractivity contribution in [2.24, 2.45) is 0 Å². The maximum atomic E-state index is 9.41. The van der Waals surface area contributed by atoms with Crippen molar-refractivity contribution in [1.29, 1.82) is 0 Å². The second-order valence-corrected chi connectivity index (χ2v) is 3.22. The highest BCUT2D eigenvalue weighted by Gasteiger charge is 2.27. The van der Waals surface area contributed by atoms with Crippen molar-refractivity contribution in [1.82, 2.24) is 4.90 Å². The third-order valence-corrected chi connectivity index (χ3v) is 1.88. The van der Waals surface area contributed by atoms with E-state index in [0.29, 0.717) is 19.7 Å². The Morgan fingerprint density at radius 2 is 2.36 bits per heavy atom. The van der Waals surface area contributed by atoms with E-state index in [4.69, 9.17) is 12.6 Å². The van der Waals surface area contributed by atoms with Crippen LogP contribution in [0.4, 0.5) is 0 Å². The Labute approximate surface area is 68.7 Å². The van der Waals surface area contributed by atoms with E-state index >= 15 is 0 Å². The van der Waals surface area contributed by atoms with Crippen LogP contribution in [0.5, 0.6) is 0 Å². The fourth-order valence-corrected chi connectivity index (χ4v) is 1.23. The minimum absolute atomic E-state index is 0.166. The van der Waals surface area contributed by atoms with Gasteiger partial charge in [0.1, 0.15) is 7.85 Å². The third-order valence-electron chi connectivity index (χ3n) is 1.88. The Bertz CT molecular complexity index is 135. The van der Waals surface area contributed by atoms with Crippen LogP contribution in [-0.4, -0.2) is 49.3 Å². The number of hydrogen-bond donors (Lipinski definition) is 1. The molecule has 0 amide bonds. The number of nitrogens with zero attached hydrogens (tertiary/aromatic N) is 1. The van der Waals surface area contributed by atoms with Gasteiger partial charge in [-0.05, 0) is 13.8 Å². The number of aliphatic hydroxyl groups is 1. The lowest BCUT2D eigenvalue weighted by Crippen LogP contribution is -2.54. The Morgan fingerprint density at radius 3 is 2.73 bits per heavy atom. The number of ether oxygens (including phenoxy) is 1. The van der Waals surface area contributed by atoms with Crippen LogP contribution in [0.25, 0.3) is 0 Å². The molecule has 2 unspecified atom stereocenters. The minimum atomic E-state index is -1.20. The zero-order valence-electron chi connectivity index (χ0n) is 7.08. The third kappa shape index (κ3) is 2.47. The molecule has 2 radical (unpaired) electrons. The van der Waals surface area contributed by atoms with Gasteiger partial charge in [0.05, 0.1) is 18.3 Å². The molecule has 0 aromatic carbocycles. The van der Waals surface area contributed by atoms with Gasteiger partial charge in [-0.1, -0.05) is 0 Å². The largest absolute Gasteiger partial charge is 0.385 e. The molecule has 1 aliphatic rings. The van der Waals surface area contributed by atoms with Crippen LogP contribution in [-0.2, 0) is 4.74 Å². The highest BCUT2D eigenvalue weighted by Crippen LogP contribution is 2.12. The summed E-state index contributed by atoms with van der Waals surface area (Å²) in [6.07, 6.45) is 0.166. The predicted octanol–water partition coefficient (Wildman–Crippen LogP) is -0.458. The molecule has 0 bridgehead atoms. The molecule has 1 aliphatic heterocycles. The predicted molar refractivity (Wildman–Crippen MR) is 43.4 cm³/mol. The van der Waals surface area contributed by atoms with Gasteiger partial charge in [0, 0.05) is 13.1 Å². The molecule has 1 N–H and O–H groups in total. The van der Waals surface area contributed by atoms with E-state index in [9.17, 15) is 5.11 Å². The maximum Gasteiger partial charge on any atom is 0.135 e. The molecular formula is C7H14BNO2. The van der Waals surface area contributed by atoms with Gasteiger partial charge in [-0.3, -0.25) is 4.90 Å². The van der Waals surface area contributed by atoms with Crippen molar-refractivity contribution < 1.29 is 9.84 Å². The van der Waals surface area contributed by atoms with Gasteiger partial charge < -0.3 is 9.84 Å². The van der Waals surface area contributed by atoms with Crippen molar-refractivity contribution in [3.63, 3.8) is 0 Å². The average molecular weight is 155 g/mol. The van der Waals surface area contributed by atoms with Crippen molar-refractivity contribution in [2.45, 2.75) is 25.6 Å². The van der Waals surface area contributed by atoms with Crippen LogP contribution in [0.3, 0.4) is 0 Å². The Hall–Kier alpha value is -0.0551. The molecule has 1 heterocycles. The molecule has 0 aromatic rings. The van der Waals surface area contributed by atoms with Crippen molar-refractivity contribution in [3.05, 3.63) is 0 Å². The van der Waals surface area contributed by atoms with Gasteiger partial charge in [0.25, 0.3) is 0 Å². The van der Waals surface area contributed by atoms with Gasteiger partial charge in [0.15, 0.2) is 0 Å². The normalized spacial score (nSPS) is 33.2. The zero-order valence-corrected chi connectivity index (χ0v) is 7.08. The van der Waals surface area contributed by atoms with Gasteiger partial charge in [-0.2, -0.15) is 0 Å². The molecule has 62 valence electrons. The first-order valence-electron chi connectivity index (χ1n) is 3.88. The SMILES string of the molecule is [B]C(C)(O)N1CCOC(C)C1. The molecule has 4 heteroatoms. The fraction of sp³-hybridized carbons (Fsp3) is 1.00.